The lowest BCUT2D eigenvalue weighted by Crippen LogP contribution is -2.35. The molecule has 1 atom stereocenters. The first-order valence-electron chi connectivity index (χ1n) is 6.95. The molecular formula is C15H21FN2O2. The van der Waals surface area contributed by atoms with Crippen LogP contribution >= 0.6 is 0 Å². The molecule has 0 aromatic heterocycles. The lowest BCUT2D eigenvalue weighted by atomic mass is 10.1. The van der Waals surface area contributed by atoms with E-state index in [0.717, 1.165) is 13.0 Å². The van der Waals surface area contributed by atoms with Crippen molar-refractivity contribution in [3.05, 3.63) is 29.1 Å². The summed E-state index contributed by atoms with van der Waals surface area (Å²) in [7, 11) is 0. The number of amides is 1. The summed E-state index contributed by atoms with van der Waals surface area (Å²) in [6.07, 6.45) is 0.966. The quantitative estimate of drug-likeness (QED) is 0.860. The first-order chi connectivity index (χ1) is 9.52. The Morgan fingerprint density at radius 2 is 2.30 bits per heavy atom. The summed E-state index contributed by atoms with van der Waals surface area (Å²) in [5.41, 5.74) is 6.74. The van der Waals surface area contributed by atoms with E-state index in [0.29, 0.717) is 42.4 Å². The van der Waals surface area contributed by atoms with Crippen LogP contribution in [0.2, 0.25) is 0 Å². The van der Waals surface area contributed by atoms with E-state index in [1.807, 2.05) is 6.92 Å². The fourth-order valence-electron chi connectivity index (χ4n) is 2.40. The van der Waals surface area contributed by atoms with Crippen LogP contribution in [0.3, 0.4) is 0 Å². The summed E-state index contributed by atoms with van der Waals surface area (Å²) in [5, 5.41) is 0. The second kappa shape index (κ2) is 6.22. The minimum absolute atomic E-state index is 0.176. The molecule has 0 bridgehead atoms. The average molecular weight is 280 g/mol. The SMILES string of the molecule is CCN(CC1CCOC1)C(=O)c1cc(N)c(C)c(F)c1. The van der Waals surface area contributed by atoms with E-state index < -0.39 is 5.82 Å². The van der Waals surface area contributed by atoms with Crippen molar-refractivity contribution < 1.29 is 13.9 Å². The van der Waals surface area contributed by atoms with Gasteiger partial charge in [0.15, 0.2) is 0 Å². The Morgan fingerprint density at radius 1 is 1.55 bits per heavy atom. The largest absolute Gasteiger partial charge is 0.398 e. The summed E-state index contributed by atoms with van der Waals surface area (Å²) in [6.45, 7) is 6.19. The van der Waals surface area contributed by atoms with E-state index in [-0.39, 0.29) is 5.91 Å². The van der Waals surface area contributed by atoms with E-state index in [9.17, 15) is 9.18 Å². The van der Waals surface area contributed by atoms with Crippen molar-refractivity contribution >= 4 is 11.6 Å². The monoisotopic (exact) mass is 280 g/mol. The zero-order chi connectivity index (χ0) is 14.7. The van der Waals surface area contributed by atoms with Crippen LogP contribution in [0.15, 0.2) is 12.1 Å². The first-order valence-corrected chi connectivity index (χ1v) is 6.95. The number of benzene rings is 1. The standard InChI is InChI=1S/C15H21FN2O2/c1-3-18(8-11-4-5-20-9-11)15(19)12-6-13(16)10(2)14(17)7-12/h6-7,11H,3-5,8-9,17H2,1-2H3. The van der Waals surface area contributed by atoms with Crippen LogP contribution in [-0.2, 0) is 4.74 Å². The number of carbonyl (C=O) groups excluding carboxylic acids is 1. The van der Waals surface area contributed by atoms with Crippen LogP contribution in [0.1, 0.15) is 29.3 Å². The van der Waals surface area contributed by atoms with Gasteiger partial charge in [0, 0.05) is 42.4 Å². The molecule has 1 aromatic carbocycles. The number of nitrogens with two attached hydrogens (primary N) is 1. The Kier molecular flexibility index (Phi) is 4.60. The molecule has 1 saturated heterocycles. The van der Waals surface area contributed by atoms with Gasteiger partial charge in [-0.2, -0.15) is 0 Å². The second-order valence-corrected chi connectivity index (χ2v) is 5.25. The van der Waals surface area contributed by atoms with Crippen molar-refractivity contribution in [3.63, 3.8) is 0 Å². The van der Waals surface area contributed by atoms with E-state index in [1.165, 1.54) is 6.07 Å². The predicted molar refractivity (Wildman–Crippen MR) is 76.1 cm³/mol. The van der Waals surface area contributed by atoms with Gasteiger partial charge in [-0.25, -0.2) is 4.39 Å². The topological polar surface area (TPSA) is 55.6 Å². The summed E-state index contributed by atoms with van der Waals surface area (Å²) in [5.74, 6) is -0.245. The molecule has 2 N–H and O–H groups in total. The molecule has 0 radical (unpaired) electrons. The van der Waals surface area contributed by atoms with Crippen molar-refractivity contribution in [2.75, 3.05) is 32.0 Å². The van der Waals surface area contributed by atoms with Crippen LogP contribution in [0.5, 0.6) is 0 Å². The molecule has 1 aliphatic rings. The first kappa shape index (κ1) is 14.8. The third kappa shape index (κ3) is 3.10. The van der Waals surface area contributed by atoms with Gasteiger partial charge in [0.05, 0.1) is 6.61 Å². The lowest BCUT2D eigenvalue weighted by molar-refractivity contribution is 0.0730. The third-order valence-electron chi connectivity index (χ3n) is 3.80. The molecule has 1 heterocycles. The minimum Gasteiger partial charge on any atom is -0.398 e. The highest BCUT2D eigenvalue weighted by Crippen LogP contribution is 2.20. The van der Waals surface area contributed by atoms with Gasteiger partial charge in [-0.05, 0) is 32.4 Å². The van der Waals surface area contributed by atoms with Crippen molar-refractivity contribution in [1.29, 1.82) is 0 Å². The summed E-state index contributed by atoms with van der Waals surface area (Å²) >= 11 is 0. The van der Waals surface area contributed by atoms with Crippen LogP contribution in [-0.4, -0.2) is 37.1 Å². The van der Waals surface area contributed by atoms with E-state index in [4.69, 9.17) is 10.5 Å². The third-order valence-corrected chi connectivity index (χ3v) is 3.80. The molecule has 1 aliphatic heterocycles. The van der Waals surface area contributed by atoms with Gasteiger partial charge < -0.3 is 15.4 Å². The van der Waals surface area contributed by atoms with Crippen LogP contribution in [0.25, 0.3) is 0 Å². The van der Waals surface area contributed by atoms with Crippen LogP contribution in [0.4, 0.5) is 10.1 Å². The number of rotatable bonds is 4. The molecule has 1 aromatic rings. The lowest BCUT2D eigenvalue weighted by Gasteiger charge is -2.24. The van der Waals surface area contributed by atoms with Crippen LogP contribution in [0, 0.1) is 18.7 Å². The molecule has 1 fully saturated rings. The normalized spacial score (nSPS) is 18.2. The maximum Gasteiger partial charge on any atom is 0.254 e. The number of nitrogens with zero attached hydrogens (tertiary/aromatic N) is 1. The number of nitrogen functional groups attached to an aromatic ring is 1. The Labute approximate surface area is 118 Å². The van der Waals surface area contributed by atoms with Gasteiger partial charge >= 0.3 is 0 Å². The number of hydrogen-bond donors (Lipinski definition) is 1. The summed E-state index contributed by atoms with van der Waals surface area (Å²) in [4.78, 5) is 14.2. The van der Waals surface area contributed by atoms with Gasteiger partial charge in [0.2, 0.25) is 0 Å². The molecule has 1 amide bonds. The van der Waals surface area contributed by atoms with Gasteiger partial charge in [-0.15, -0.1) is 0 Å². The molecule has 0 spiro atoms. The zero-order valence-electron chi connectivity index (χ0n) is 12.0. The molecule has 2 rings (SSSR count). The molecular weight excluding hydrogens is 259 g/mol. The number of anilines is 1. The minimum atomic E-state index is -0.436. The summed E-state index contributed by atoms with van der Waals surface area (Å²) in [6, 6.07) is 2.82. The van der Waals surface area contributed by atoms with Gasteiger partial charge in [0.25, 0.3) is 5.91 Å². The van der Waals surface area contributed by atoms with Crippen LogP contribution < -0.4 is 5.73 Å². The Bertz CT molecular complexity index is 476. The van der Waals surface area contributed by atoms with Crippen molar-refractivity contribution in [1.82, 2.24) is 4.90 Å². The maximum absolute atomic E-state index is 13.7. The molecule has 0 saturated carbocycles. The predicted octanol–water partition coefficient (Wildman–Crippen LogP) is 2.21. The van der Waals surface area contributed by atoms with E-state index >= 15 is 0 Å². The van der Waals surface area contributed by atoms with Crippen molar-refractivity contribution in [2.45, 2.75) is 20.3 Å². The van der Waals surface area contributed by atoms with Crippen molar-refractivity contribution in [3.8, 4) is 0 Å². The zero-order valence-corrected chi connectivity index (χ0v) is 12.0. The fraction of sp³-hybridized carbons (Fsp3) is 0.533. The molecule has 5 heteroatoms. The highest BCUT2D eigenvalue weighted by molar-refractivity contribution is 5.95. The molecule has 110 valence electrons. The Hall–Kier alpha value is -1.62. The molecule has 0 aliphatic carbocycles. The Morgan fingerprint density at radius 3 is 2.85 bits per heavy atom. The maximum atomic E-state index is 13.7. The highest BCUT2D eigenvalue weighted by atomic mass is 19.1. The number of carbonyl (C=O) groups is 1. The average Bonchev–Trinajstić information content (AvgIpc) is 2.93. The number of ether oxygens (including phenoxy) is 1. The summed E-state index contributed by atoms with van der Waals surface area (Å²) < 4.78 is 19.0. The molecule has 20 heavy (non-hydrogen) atoms. The second-order valence-electron chi connectivity index (χ2n) is 5.25. The van der Waals surface area contributed by atoms with Gasteiger partial charge in [-0.1, -0.05) is 0 Å². The van der Waals surface area contributed by atoms with Gasteiger partial charge in [0.1, 0.15) is 5.82 Å². The van der Waals surface area contributed by atoms with E-state index in [1.54, 1.807) is 17.9 Å². The molecule has 1 unspecified atom stereocenters. The fourth-order valence-corrected chi connectivity index (χ4v) is 2.40. The highest BCUT2D eigenvalue weighted by Gasteiger charge is 2.23. The van der Waals surface area contributed by atoms with Crippen molar-refractivity contribution in [2.24, 2.45) is 5.92 Å². The number of hydrogen-bond acceptors (Lipinski definition) is 3. The number of halogens is 1. The van der Waals surface area contributed by atoms with Gasteiger partial charge in [-0.3, -0.25) is 4.79 Å². The molecule has 4 nitrogen and oxygen atoms in total. The van der Waals surface area contributed by atoms with E-state index in [2.05, 4.69) is 0 Å². The Balaban J connectivity index is 2.15. The smallest absolute Gasteiger partial charge is 0.254 e.